The smallest absolute Gasteiger partial charge is 0.324 e. The Morgan fingerprint density at radius 2 is 2.24 bits per heavy atom. The quantitative estimate of drug-likeness (QED) is 0.754. The lowest BCUT2D eigenvalue weighted by molar-refractivity contribution is 0.218. The van der Waals surface area contributed by atoms with E-state index in [1.165, 1.54) is 5.56 Å². The molecule has 0 spiro atoms. The summed E-state index contributed by atoms with van der Waals surface area (Å²) in [4.78, 5) is 15.7. The van der Waals surface area contributed by atoms with Crippen LogP contribution in [0.3, 0.4) is 0 Å². The van der Waals surface area contributed by atoms with Gasteiger partial charge in [0.2, 0.25) is 0 Å². The van der Waals surface area contributed by atoms with E-state index in [2.05, 4.69) is 6.07 Å². The number of nitrogens with two attached hydrogens (primary N) is 1. The first kappa shape index (κ1) is 11.8. The number of carbonyl (C=O) groups is 1. The van der Waals surface area contributed by atoms with Gasteiger partial charge in [-0.25, -0.2) is 4.79 Å². The van der Waals surface area contributed by atoms with E-state index in [1.807, 2.05) is 31.9 Å². The molecule has 4 heteroatoms. The Hall–Kier alpha value is -1.71. The van der Waals surface area contributed by atoms with E-state index in [0.717, 1.165) is 29.9 Å². The number of nitrogen functional groups attached to an aromatic ring is 1. The Morgan fingerprint density at radius 3 is 2.88 bits per heavy atom. The molecule has 1 aromatic rings. The van der Waals surface area contributed by atoms with Crippen molar-refractivity contribution in [3.05, 3.63) is 23.3 Å². The zero-order valence-corrected chi connectivity index (χ0v) is 10.7. The highest BCUT2D eigenvalue weighted by molar-refractivity contribution is 5.94. The van der Waals surface area contributed by atoms with Crippen LogP contribution >= 0.6 is 0 Å². The van der Waals surface area contributed by atoms with E-state index in [-0.39, 0.29) is 6.03 Å². The van der Waals surface area contributed by atoms with Crippen LogP contribution in [0.2, 0.25) is 0 Å². The highest BCUT2D eigenvalue weighted by Crippen LogP contribution is 2.32. The fraction of sp³-hybridized carbons (Fsp3) is 0.462. The molecule has 17 heavy (non-hydrogen) atoms. The molecule has 0 saturated carbocycles. The van der Waals surface area contributed by atoms with E-state index >= 15 is 0 Å². The molecule has 0 aromatic heterocycles. The number of hydrogen-bond donors (Lipinski definition) is 1. The molecular formula is C13H19N3O. The Kier molecular flexibility index (Phi) is 2.96. The van der Waals surface area contributed by atoms with Crippen LogP contribution in [-0.4, -0.2) is 31.1 Å². The Labute approximate surface area is 102 Å². The van der Waals surface area contributed by atoms with Crippen molar-refractivity contribution in [1.29, 1.82) is 0 Å². The monoisotopic (exact) mass is 233 g/mol. The molecule has 0 unspecified atom stereocenters. The van der Waals surface area contributed by atoms with Crippen molar-refractivity contribution in [2.24, 2.45) is 0 Å². The van der Waals surface area contributed by atoms with Gasteiger partial charge in [-0.15, -0.1) is 0 Å². The maximum Gasteiger partial charge on any atom is 0.324 e. The average Bonchev–Trinajstić information content (AvgIpc) is 2.70. The number of rotatable bonds is 1. The minimum atomic E-state index is 0.0505. The van der Waals surface area contributed by atoms with Crippen LogP contribution in [0.5, 0.6) is 0 Å². The molecule has 1 aliphatic heterocycles. The SMILES string of the molecule is CCN(C)C(=O)N1CCc2cc(C)c(N)cc21. The van der Waals surface area contributed by atoms with Gasteiger partial charge in [-0.1, -0.05) is 6.07 Å². The maximum atomic E-state index is 12.1. The third-order valence-electron chi connectivity index (χ3n) is 3.39. The van der Waals surface area contributed by atoms with Gasteiger partial charge in [0.05, 0.1) is 5.69 Å². The lowest BCUT2D eigenvalue weighted by atomic mass is 10.1. The van der Waals surface area contributed by atoms with Crippen molar-refractivity contribution < 1.29 is 4.79 Å². The topological polar surface area (TPSA) is 49.6 Å². The Balaban J connectivity index is 2.34. The van der Waals surface area contributed by atoms with Crippen LogP contribution < -0.4 is 10.6 Å². The van der Waals surface area contributed by atoms with Gasteiger partial charge < -0.3 is 10.6 Å². The number of amides is 2. The molecule has 0 aliphatic carbocycles. The second-order valence-electron chi connectivity index (χ2n) is 4.54. The number of fused-ring (bicyclic) bond motifs is 1. The summed E-state index contributed by atoms with van der Waals surface area (Å²) in [5, 5.41) is 0. The van der Waals surface area contributed by atoms with Crippen molar-refractivity contribution in [3.63, 3.8) is 0 Å². The van der Waals surface area contributed by atoms with Gasteiger partial charge in [-0.05, 0) is 37.5 Å². The van der Waals surface area contributed by atoms with E-state index in [4.69, 9.17) is 5.73 Å². The molecular weight excluding hydrogens is 214 g/mol. The molecule has 0 atom stereocenters. The lowest BCUT2D eigenvalue weighted by Gasteiger charge is -2.24. The van der Waals surface area contributed by atoms with Crippen LogP contribution in [-0.2, 0) is 6.42 Å². The number of aryl methyl sites for hydroxylation is 1. The fourth-order valence-corrected chi connectivity index (χ4v) is 2.12. The normalized spacial score (nSPS) is 13.7. The van der Waals surface area contributed by atoms with Crippen LogP contribution in [0.25, 0.3) is 0 Å². The predicted molar refractivity (Wildman–Crippen MR) is 70.3 cm³/mol. The van der Waals surface area contributed by atoms with E-state index in [9.17, 15) is 4.79 Å². The minimum absolute atomic E-state index is 0.0505. The second kappa shape index (κ2) is 4.28. The Morgan fingerprint density at radius 1 is 1.53 bits per heavy atom. The number of urea groups is 1. The largest absolute Gasteiger partial charge is 0.398 e. The summed E-state index contributed by atoms with van der Waals surface area (Å²) in [5.74, 6) is 0. The standard InChI is InChI=1S/C13H19N3O/c1-4-15(3)13(17)16-6-5-10-7-9(2)11(14)8-12(10)16/h7-8H,4-6,14H2,1-3H3. The van der Waals surface area contributed by atoms with Gasteiger partial charge in [-0.2, -0.15) is 0 Å². The summed E-state index contributed by atoms with van der Waals surface area (Å²) in [6.45, 7) is 5.43. The van der Waals surface area contributed by atoms with Crippen molar-refractivity contribution in [3.8, 4) is 0 Å². The molecule has 2 N–H and O–H groups in total. The van der Waals surface area contributed by atoms with Gasteiger partial charge in [-0.3, -0.25) is 4.90 Å². The first-order chi connectivity index (χ1) is 8.04. The molecule has 0 saturated heterocycles. The number of anilines is 2. The Bertz CT molecular complexity index is 456. The first-order valence-electron chi connectivity index (χ1n) is 5.96. The number of hydrogen-bond acceptors (Lipinski definition) is 2. The van der Waals surface area contributed by atoms with E-state index < -0.39 is 0 Å². The summed E-state index contributed by atoms with van der Waals surface area (Å²) in [6.07, 6.45) is 0.916. The van der Waals surface area contributed by atoms with E-state index in [0.29, 0.717) is 6.54 Å². The molecule has 2 rings (SSSR count). The fourth-order valence-electron chi connectivity index (χ4n) is 2.12. The molecule has 1 heterocycles. The van der Waals surface area contributed by atoms with Crippen LogP contribution in [0, 0.1) is 6.92 Å². The third-order valence-corrected chi connectivity index (χ3v) is 3.39. The molecule has 0 fully saturated rings. The molecule has 4 nitrogen and oxygen atoms in total. The highest BCUT2D eigenvalue weighted by Gasteiger charge is 2.26. The van der Waals surface area contributed by atoms with Gasteiger partial charge in [0.1, 0.15) is 0 Å². The molecule has 92 valence electrons. The summed E-state index contributed by atoms with van der Waals surface area (Å²) in [7, 11) is 1.82. The summed E-state index contributed by atoms with van der Waals surface area (Å²) >= 11 is 0. The molecule has 2 amide bonds. The van der Waals surface area contributed by atoms with Crippen molar-refractivity contribution >= 4 is 17.4 Å². The average molecular weight is 233 g/mol. The zero-order valence-electron chi connectivity index (χ0n) is 10.7. The predicted octanol–water partition coefficient (Wildman–Crippen LogP) is 2.01. The van der Waals surface area contributed by atoms with Gasteiger partial charge in [0, 0.05) is 25.8 Å². The second-order valence-corrected chi connectivity index (χ2v) is 4.54. The third kappa shape index (κ3) is 1.95. The molecule has 1 aliphatic rings. The minimum Gasteiger partial charge on any atom is -0.398 e. The number of nitrogens with zero attached hydrogens (tertiary/aromatic N) is 2. The van der Waals surface area contributed by atoms with Crippen LogP contribution in [0.1, 0.15) is 18.1 Å². The number of carbonyl (C=O) groups excluding carboxylic acids is 1. The highest BCUT2D eigenvalue weighted by atomic mass is 16.2. The number of benzene rings is 1. The summed E-state index contributed by atoms with van der Waals surface area (Å²) in [5.41, 5.74) is 9.94. The summed E-state index contributed by atoms with van der Waals surface area (Å²) < 4.78 is 0. The van der Waals surface area contributed by atoms with Crippen molar-refractivity contribution in [2.45, 2.75) is 20.3 Å². The van der Waals surface area contributed by atoms with Crippen molar-refractivity contribution in [1.82, 2.24) is 4.90 Å². The maximum absolute atomic E-state index is 12.1. The van der Waals surface area contributed by atoms with Gasteiger partial charge in [0.15, 0.2) is 0 Å². The molecule has 0 bridgehead atoms. The van der Waals surface area contributed by atoms with Crippen LogP contribution in [0.15, 0.2) is 12.1 Å². The van der Waals surface area contributed by atoms with Crippen LogP contribution in [0.4, 0.5) is 16.2 Å². The summed E-state index contributed by atoms with van der Waals surface area (Å²) in [6, 6.07) is 4.05. The van der Waals surface area contributed by atoms with Crippen molar-refractivity contribution in [2.75, 3.05) is 30.8 Å². The van der Waals surface area contributed by atoms with E-state index in [1.54, 1.807) is 4.90 Å². The van der Waals surface area contributed by atoms with Gasteiger partial charge in [0.25, 0.3) is 0 Å². The first-order valence-corrected chi connectivity index (χ1v) is 5.96. The zero-order chi connectivity index (χ0) is 12.6. The van der Waals surface area contributed by atoms with Gasteiger partial charge >= 0.3 is 6.03 Å². The lowest BCUT2D eigenvalue weighted by Crippen LogP contribution is -2.40. The molecule has 1 aromatic carbocycles. The molecule has 0 radical (unpaired) electrons.